The Hall–Kier alpha value is -2.99. The highest BCUT2D eigenvalue weighted by molar-refractivity contribution is 7.11. The van der Waals surface area contributed by atoms with Crippen LogP contribution in [0.4, 0.5) is 4.39 Å². The molecule has 0 bridgehead atoms. The SMILES string of the molecule is O=C(O[C@@H](C(=O)NCc1ccccc1)c1ccc(F)cc1)c1cccs1. The van der Waals surface area contributed by atoms with E-state index in [9.17, 15) is 14.0 Å². The summed E-state index contributed by atoms with van der Waals surface area (Å²) in [5.41, 5.74) is 1.32. The van der Waals surface area contributed by atoms with E-state index < -0.39 is 23.8 Å². The van der Waals surface area contributed by atoms with E-state index in [1.807, 2.05) is 30.3 Å². The molecule has 3 rings (SSSR count). The monoisotopic (exact) mass is 369 g/mol. The van der Waals surface area contributed by atoms with Gasteiger partial charge < -0.3 is 10.1 Å². The molecule has 4 nitrogen and oxygen atoms in total. The smallest absolute Gasteiger partial charge is 0.349 e. The van der Waals surface area contributed by atoms with Crippen molar-refractivity contribution in [1.29, 1.82) is 0 Å². The van der Waals surface area contributed by atoms with E-state index in [1.54, 1.807) is 17.5 Å². The molecule has 0 saturated heterocycles. The van der Waals surface area contributed by atoms with Crippen molar-refractivity contribution in [3.63, 3.8) is 0 Å². The second kappa shape index (κ2) is 8.40. The van der Waals surface area contributed by atoms with E-state index in [2.05, 4.69) is 5.32 Å². The summed E-state index contributed by atoms with van der Waals surface area (Å²) in [6, 6.07) is 18.1. The minimum atomic E-state index is -1.16. The van der Waals surface area contributed by atoms with Gasteiger partial charge in [0.25, 0.3) is 5.91 Å². The fourth-order valence-corrected chi connectivity index (χ4v) is 2.95. The lowest BCUT2D eigenvalue weighted by Crippen LogP contribution is -2.31. The number of amides is 1. The third-order valence-corrected chi connectivity index (χ3v) is 4.52. The fraction of sp³-hybridized carbons (Fsp3) is 0.100. The number of esters is 1. The number of carbonyl (C=O) groups is 2. The second-order valence-corrected chi connectivity index (χ2v) is 6.47. The Bertz CT molecular complexity index is 864. The number of hydrogen-bond acceptors (Lipinski definition) is 4. The van der Waals surface area contributed by atoms with Gasteiger partial charge in [-0.3, -0.25) is 4.79 Å². The van der Waals surface area contributed by atoms with Crippen LogP contribution in [0.3, 0.4) is 0 Å². The van der Waals surface area contributed by atoms with Gasteiger partial charge in [-0.05, 0) is 29.1 Å². The van der Waals surface area contributed by atoms with E-state index in [1.165, 1.54) is 35.6 Å². The Morgan fingerprint density at radius 3 is 2.38 bits per heavy atom. The van der Waals surface area contributed by atoms with Crippen molar-refractivity contribution in [3.05, 3.63) is 93.9 Å². The minimum Gasteiger partial charge on any atom is -0.443 e. The van der Waals surface area contributed by atoms with Gasteiger partial charge in [-0.15, -0.1) is 11.3 Å². The first-order valence-electron chi connectivity index (χ1n) is 7.95. The zero-order chi connectivity index (χ0) is 18.4. The van der Waals surface area contributed by atoms with Crippen molar-refractivity contribution in [3.8, 4) is 0 Å². The predicted octanol–water partition coefficient (Wildman–Crippen LogP) is 4.10. The summed E-state index contributed by atoms with van der Waals surface area (Å²) >= 11 is 1.23. The molecule has 1 atom stereocenters. The fourth-order valence-electron chi connectivity index (χ4n) is 2.35. The molecule has 0 aliphatic carbocycles. The topological polar surface area (TPSA) is 55.4 Å². The van der Waals surface area contributed by atoms with Gasteiger partial charge in [0, 0.05) is 12.1 Å². The number of rotatable bonds is 6. The molecule has 1 aromatic heterocycles. The molecule has 0 unspecified atom stereocenters. The van der Waals surface area contributed by atoms with Crippen molar-refractivity contribution < 1.29 is 18.7 Å². The van der Waals surface area contributed by atoms with Gasteiger partial charge in [0.15, 0.2) is 0 Å². The van der Waals surface area contributed by atoms with Crippen molar-refractivity contribution in [1.82, 2.24) is 5.32 Å². The van der Waals surface area contributed by atoms with Crippen LogP contribution >= 0.6 is 11.3 Å². The molecule has 0 aliphatic rings. The molecule has 0 spiro atoms. The van der Waals surface area contributed by atoms with Crippen molar-refractivity contribution >= 4 is 23.2 Å². The van der Waals surface area contributed by atoms with Crippen LogP contribution in [0, 0.1) is 5.82 Å². The van der Waals surface area contributed by atoms with Gasteiger partial charge in [0.1, 0.15) is 10.7 Å². The third kappa shape index (κ3) is 4.55. The number of thiophene rings is 1. The van der Waals surface area contributed by atoms with Gasteiger partial charge >= 0.3 is 5.97 Å². The van der Waals surface area contributed by atoms with Crippen LogP contribution in [-0.4, -0.2) is 11.9 Å². The molecular formula is C20H16FNO3S. The largest absolute Gasteiger partial charge is 0.443 e. The zero-order valence-electron chi connectivity index (χ0n) is 13.7. The van der Waals surface area contributed by atoms with E-state index in [0.29, 0.717) is 17.0 Å². The lowest BCUT2D eigenvalue weighted by molar-refractivity contribution is -0.130. The van der Waals surface area contributed by atoms with E-state index in [4.69, 9.17) is 4.74 Å². The molecule has 0 radical (unpaired) electrons. The molecule has 0 aliphatic heterocycles. The summed E-state index contributed by atoms with van der Waals surface area (Å²) < 4.78 is 18.6. The number of ether oxygens (including phenoxy) is 1. The minimum absolute atomic E-state index is 0.300. The van der Waals surface area contributed by atoms with Crippen LogP contribution in [0.5, 0.6) is 0 Å². The van der Waals surface area contributed by atoms with Gasteiger partial charge in [-0.2, -0.15) is 0 Å². The Morgan fingerprint density at radius 1 is 1.00 bits per heavy atom. The van der Waals surface area contributed by atoms with Crippen molar-refractivity contribution in [2.24, 2.45) is 0 Å². The lowest BCUT2D eigenvalue weighted by Gasteiger charge is -2.18. The average molecular weight is 369 g/mol. The number of nitrogens with one attached hydrogen (secondary N) is 1. The molecule has 3 aromatic rings. The van der Waals surface area contributed by atoms with Crippen LogP contribution in [0.25, 0.3) is 0 Å². The molecule has 0 fully saturated rings. The predicted molar refractivity (Wildman–Crippen MR) is 97.2 cm³/mol. The van der Waals surface area contributed by atoms with Crippen molar-refractivity contribution in [2.75, 3.05) is 0 Å². The Labute approximate surface area is 154 Å². The molecule has 2 aromatic carbocycles. The van der Waals surface area contributed by atoms with Crippen LogP contribution in [0.1, 0.15) is 26.9 Å². The van der Waals surface area contributed by atoms with Crippen LogP contribution in [-0.2, 0) is 16.1 Å². The summed E-state index contributed by atoms with van der Waals surface area (Å²) in [6.45, 7) is 0.300. The molecule has 0 saturated carbocycles. The zero-order valence-corrected chi connectivity index (χ0v) is 14.5. The van der Waals surface area contributed by atoms with Crippen LogP contribution < -0.4 is 5.32 Å². The highest BCUT2D eigenvalue weighted by atomic mass is 32.1. The van der Waals surface area contributed by atoms with Crippen molar-refractivity contribution in [2.45, 2.75) is 12.6 Å². The van der Waals surface area contributed by atoms with Gasteiger partial charge in [0.2, 0.25) is 6.10 Å². The normalized spacial score (nSPS) is 11.6. The average Bonchev–Trinajstić information content (AvgIpc) is 3.21. The maximum atomic E-state index is 13.2. The summed E-state index contributed by atoms with van der Waals surface area (Å²) in [4.78, 5) is 25.3. The third-order valence-electron chi connectivity index (χ3n) is 3.67. The maximum Gasteiger partial charge on any atom is 0.349 e. The molecule has 1 heterocycles. The second-order valence-electron chi connectivity index (χ2n) is 5.52. The molecule has 1 amide bonds. The summed E-state index contributed by atoms with van der Waals surface area (Å²) in [5.74, 6) is -1.49. The number of benzene rings is 2. The lowest BCUT2D eigenvalue weighted by atomic mass is 10.1. The Morgan fingerprint density at radius 2 is 1.73 bits per heavy atom. The first-order valence-corrected chi connectivity index (χ1v) is 8.83. The first kappa shape index (κ1) is 17.8. The van der Waals surface area contributed by atoms with E-state index in [-0.39, 0.29) is 0 Å². The number of hydrogen-bond donors (Lipinski definition) is 1. The summed E-state index contributed by atoms with van der Waals surface area (Å²) in [6.07, 6.45) is -1.16. The molecular weight excluding hydrogens is 353 g/mol. The van der Waals surface area contributed by atoms with Crippen LogP contribution in [0.2, 0.25) is 0 Å². The van der Waals surface area contributed by atoms with E-state index >= 15 is 0 Å². The molecule has 26 heavy (non-hydrogen) atoms. The molecule has 1 N–H and O–H groups in total. The van der Waals surface area contributed by atoms with E-state index in [0.717, 1.165) is 5.56 Å². The Kier molecular flexibility index (Phi) is 5.76. The van der Waals surface area contributed by atoms with Gasteiger partial charge in [-0.25, -0.2) is 9.18 Å². The van der Waals surface area contributed by atoms with Gasteiger partial charge in [0.05, 0.1) is 0 Å². The molecule has 6 heteroatoms. The highest BCUT2D eigenvalue weighted by Crippen LogP contribution is 2.22. The summed E-state index contributed by atoms with van der Waals surface area (Å²) in [5, 5.41) is 4.51. The number of carbonyl (C=O) groups excluding carboxylic acids is 2. The van der Waals surface area contributed by atoms with Crippen LogP contribution in [0.15, 0.2) is 72.1 Å². The summed E-state index contributed by atoms with van der Waals surface area (Å²) in [7, 11) is 0. The number of halogens is 1. The first-order chi connectivity index (χ1) is 12.6. The van der Waals surface area contributed by atoms with Gasteiger partial charge in [-0.1, -0.05) is 48.5 Å². The maximum absolute atomic E-state index is 13.2. The quantitative estimate of drug-likeness (QED) is 0.666. The standard InChI is InChI=1S/C20H16FNO3S/c21-16-10-8-15(9-11-16)18(25-20(24)17-7-4-12-26-17)19(23)22-13-14-5-2-1-3-6-14/h1-12,18H,13H2,(H,22,23)/t18-/m1/s1. The Balaban J connectivity index is 1.76. The highest BCUT2D eigenvalue weighted by Gasteiger charge is 2.26. The molecule has 132 valence electrons.